The molecule has 4 rings (SSSR count). The van der Waals surface area contributed by atoms with E-state index in [9.17, 15) is 4.79 Å². The van der Waals surface area contributed by atoms with Crippen molar-refractivity contribution < 1.29 is 9.53 Å². The quantitative estimate of drug-likeness (QED) is 0.453. The molecule has 0 aliphatic heterocycles. The van der Waals surface area contributed by atoms with E-state index in [1.165, 1.54) is 0 Å². The van der Waals surface area contributed by atoms with E-state index in [0.717, 1.165) is 11.3 Å². The molecule has 0 saturated heterocycles. The van der Waals surface area contributed by atoms with E-state index in [0.29, 0.717) is 29.4 Å². The second kappa shape index (κ2) is 9.34. The fourth-order valence-electron chi connectivity index (χ4n) is 2.76. The normalized spacial score (nSPS) is 10.3. The molecule has 0 atom stereocenters. The molecule has 0 unspecified atom stereocenters. The number of aromatic nitrogens is 2. The van der Waals surface area contributed by atoms with Gasteiger partial charge in [0.25, 0.3) is 5.91 Å². The molecular formula is C24H20N4O2. The fourth-order valence-corrected chi connectivity index (χ4v) is 2.76. The zero-order valence-corrected chi connectivity index (χ0v) is 16.2. The molecule has 2 heterocycles. The van der Waals surface area contributed by atoms with Gasteiger partial charge in [-0.15, -0.1) is 0 Å². The van der Waals surface area contributed by atoms with Crippen molar-refractivity contribution in [3.63, 3.8) is 0 Å². The number of nitrogens with zero attached hydrogens (tertiary/aromatic N) is 2. The van der Waals surface area contributed by atoms with Crippen molar-refractivity contribution in [2.75, 3.05) is 10.6 Å². The minimum atomic E-state index is -0.224. The Kier molecular flexibility index (Phi) is 5.96. The maximum absolute atomic E-state index is 12.5. The molecule has 0 radical (unpaired) electrons. The SMILES string of the molecule is O=C(Nc1ccc(Oc2ccccc2)cc1)c1ccc(NCc2cccnc2)nc1. The first-order valence-electron chi connectivity index (χ1n) is 9.49. The Bertz CT molecular complexity index is 1080. The molecule has 0 spiro atoms. The van der Waals surface area contributed by atoms with Gasteiger partial charge >= 0.3 is 0 Å². The third kappa shape index (κ3) is 5.20. The Morgan fingerprint density at radius 1 is 0.833 bits per heavy atom. The Labute approximate surface area is 174 Å². The first kappa shape index (κ1) is 19.1. The van der Waals surface area contributed by atoms with Crippen LogP contribution in [0.3, 0.4) is 0 Å². The Morgan fingerprint density at radius 2 is 1.63 bits per heavy atom. The number of anilines is 2. The highest BCUT2D eigenvalue weighted by Gasteiger charge is 2.07. The lowest BCUT2D eigenvalue weighted by Crippen LogP contribution is -2.12. The molecule has 1 amide bonds. The third-order valence-electron chi connectivity index (χ3n) is 4.31. The number of benzene rings is 2. The summed E-state index contributed by atoms with van der Waals surface area (Å²) < 4.78 is 5.76. The summed E-state index contributed by atoms with van der Waals surface area (Å²) in [5, 5.41) is 6.07. The van der Waals surface area contributed by atoms with Crippen molar-refractivity contribution in [1.29, 1.82) is 0 Å². The first-order chi connectivity index (χ1) is 14.8. The average Bonchev–Trinajstić information content (AvgIpc) is 2.81. The summed E-state index contributed by atoms with van der Waals surface area (Å²) >= 11 is 0. The fraction of sp³-hybridized carbons (Fsp3) is 0.0417. The van der Waals surface area contributed by atoms with Gasteiger partial charge in [-0.05, 0) is 60.2 Å². The zero-order valence-electron chi connectivity index (χ0n) is 16.2. The summed E-state index contributed by atoms with van der Waals surface area (Å²) in [7, 11) is 0. The van der Waals surface area contributed by atoms with Crippen LogP contribution in [0.15, 0.2) is 97.5 Å². The molecule has 0 fully saturated rings. The lowest BCUT2D eigenvalue weighted by atomic mass is 10.2. The van der Waals surface area contributed by atoms with Crippen molar-refractivity contribution >= 4 is 17.4 Å². The molecule has 6 heteroatoms. The number of carbonyl (C=O) groups excluding carboxylic acids is 1. The van der Waals surface area contributed by atoms with Gasteiger partial charge in [-0.25, -0.2) is 4.98 Å². The van der Waals surface area contributed by atoms with Gasteiger partial charge in [0.1, 0.15) is 17.3 Å². The van der Waals surface area contributed by atoms with Crippen LogP contribution in [0.2, 0.25) is 0 Å². The third-order valence-corrected chi connectivity index (χ3v) is 4.31. The number of pyridine rings is 2. The zero-order chi connectivity index (χ0) is 20.6. The number of amides is 1. The number of para-hydroxylation sites is 1. The lowest BCUT2D eigenvalue weighted by Gasteiger charge is -2.09. The van der Waals surface area contributed by atoms with E-state index in [1.807, 2.05) is 54.6 Å². The standard InChI is InChI=1S/C24H20N4O2/c29-24(19-8-13-23(27-17-19)26-16-18-5-4-14-25-15-18)28-20-9-11-22(12-10-20)30-21-6-2-1-3-7-21/h1-15,17H,16H2,(H,26,27)(H,28,29). The van der Waals surface area contributed by atoms with Crippen LogP contribution in [0.4, 0.5) is 11.5 Å². The second-order valence-electron chi connectivity index (χ2n) is 6.54. The van der Waals surface area contributed by atoms with Gasteiger partial charge in [-0.3, -0.25) is 9.78 Å². The number of hydrogen-bond acceptors (Lipinski definition) is 5. The molecule has 30 heavy (non-hydrogen) atoms. The number of carbonyl (C=O) groups is 1. The van der Waals surface area contributed by atoms with Crippen molar-refractivity contribution in [1.82, 2.24) is 9.97 Å². The minimum Gasteiger partial charge on any atom is -0.457 e. The van der Waals surface area contributed by atoms with E-state index in [2.05, 4.69) is 20.6 Å². The number of rotatable bonds is 7. The van der Waals surface area contributed by atoms with Gasteiger partial charge in [0, 0.05) is 30.8 Å². The van der Waals surface area contributed by atoms with Crippen molar-refractivity contribution in [3.8, 4) is 11.5 Å². The number of nitrogens with one attached hydrogen (secondary N) is 2. The second-order valence-corrected chi connectivity index (χ2v) is 6.54. The largest absolute Gasteiger partial charge is 0.457 e. The molecule has 2 aromatic heterocycles. The lowest BCUT2D eigenvalue weighted by molar-refractivity contribution is 0.102. The smallest absolute Gasteiger partial charge is 0.257 e. The maximum atomic E-state index is 12.5. The molecule has 2 N–H and O–H groups in total. The molecule has 0 bridgehead atoms. The van der Waals surface area contributed by atoms with Gasteiger partial charge in [0.15, 0.2) is 0 Å². The van der Waals surface area contributed by atoms with Gasteiger partial charge in [0.05, 0.1) is 5.56 Å². The van der Waals surface area contributed by atoms with Crippen LogP contribution in [-0.2, 0) is 6.54 Å². The highest BCUT2D eigenvalue weighted by Crippen LogP contribution is 2.23. The predicted octanol–water partition coefficient (Wildman–Crippen LogP) is 5.13. The summed E-state index contributed by atoms with van der Waals surface area (Å²) in [6.45, 7) is 0.615. The van der Waals surface area contributed by atoms with Crippen molar-refractivity contribution in [3.05, 3.63) is 109 Å². The van der Waals surface area contributed by atoms with Gasteiger partial charge in [0.2, 0.25) is 0 Å². The van der Waals surface area contributed by atoms with Crippen LogP contribution >= 0.6 is 0 Å². The van der Waals surface area contributed by atoms with Crippen molar-refractivity contribution in [2.24, 2.45) is 0 Å². The molecule has 148 valence electrons. The Balaban J connectivity index is 1.32. The van der Waals surface area contributed by atoms with E-state index in [4.69, 9.17) is 4.74 Å². The molecule has 4 aromatic rings. The first-order valence-corrected chi connectivity index (χ1v) is 9.49. The Morgan fingerprint density at radius 3 is 2.33 bits per heavy atom. The van der Waals surface area contributed by atoms with Gasteiger partial charge in [-0.1, -0.05) is 24.3 Å². The van der Waals surface area contributed by atoms with Crippen LogP contribution in [0.25, 0.3) is 0 Å². The topological polar surface area (TPSA) is 76.1 Å². The molecule has 0 aliphatic carbocycles. The summed E-state index contributed by atoms with van der Waals surface area (Å²) in [6.07, 6.45) is 5.08. The summed E-state index contributed by atoms with van der Waals surface area (Å²) in [6, 6.07) is 24.1. The Hall–Kier alpha value is -4.19. The minimum absolute atomic E-state index is 0.224. The monoisotopic (exact) mass is 396 g/mol. The van der Waals surface area contributed by atoms with E-state index < -0.39 is 0 Å². The molecular weight excluding hydrogens is 376 g/mol. The van der Waals surface area contributed by atoms with Gasteiger partial charge < -0.3 is 15.4 Å². The average molecular weight is 396 g/mol. The molecule has 6 nitrogen and oxygen atoms in total. The van der Waals surface area contributed by atoms with Crippen LogP contribution in [0.1, 0.15) is 15.9 Å². The van der Waals surface area contributed by atoms with Crippen molar-refractivity contribution in [2.45, 2.75) is 6.54 Å². The predicted molar refractivity (Wildman–Crippen MR) is 117 cm³/mol. The van der Waals surface area contributed by atoms with Crippen LogP contribution < -0.4 is 15.4 Å². The maximum Gasteiger partial charge on any atom is 0.257 e. The molecule has 0 aliphatic rings. The number of hydrogen-bond donors (Lipinski definition) is 2. The summed E-state index contributed by atoms with van der Waals surface area (Å²) in [4.78, 5) is 20.9. The highest BCUT2D eigenvalue weighted by atomic mass is 16.5. The van der Waals surface area contributed by atoms with Crippen LogP contribution in [-0.4, -0.2) is 15.9 Å². The highest BCUT2D eigenvalue weighted by molar-refractivity contribution is 6.04. The molecule has 2 aromatic carbocycles. The van der Waals surface area contributed by atoms with Gasteiger partial charge in [-0.2, -0.15) is 0 Å². The molecule has 0 saturated carbocycles. The summed E-state index contributed by atoms with van der Waals surface area (Å²) in [5.41, 5.74) is 2.21. The van der Waals surface area contributed by atoms with E-state index >= 15 is 0 Å². The van der Waals surface area contributed by atoms with Crippen LogP contribution in [0.5, 0.6) is 11.5 Å². The van der Waals surface area contributed by atoms with Crippen LogP contribution in [0, 0.1) is 0 Å². The van der Waals surface area contributed by atoms with E-state index in [-0.39, 0.29) is 5.91 Å². The summed E-state index contributed by atoms with van der Waals surface area (Å²) in [5.74, 6) is 1.93. The van der Waals surface area contributed by atoms with E-state index in [1.54, 1.807) is 42.9 Å². The number of ether oxygens (including phenoxy) is 1.